The molecule has 0 spiro atoms. The second-order valence-corrected chi connectivity index (χ2v) is 4.27. The SMILES string of the molecule is CCN(CCO)C(=O)C1CCC(F)(F)CC1. The summed E-state index contributed by atoms with van der Waals surface area (Å²) in [5, 5.41) is 8.78. The molecule has 0 unspecified atom stereocenters. The Kier molecular flexibility index (Phi) is 4.65. The molecule has 0 aliphatic heterocycles. The predicted molar refractivity (Wildman–Crippen MR) is 56.2 cm³/mol. The summed E-state index contributed by atoms with van der Waals surface area (Å²) in [6.45, 7) is 2.56. The summed E-state index contributed by atoms with van der Waals surface area (Å²) in [5.74, 6) is -2.97. The first-order valence-electron chi connectivity index (χ1n) is 5.77. The highest BCUT2D eigenvalue weighted by molar-refractivity contribution is 5.78. The van der Waals surface area contributed by atoms with E-state index < -0.39 is 5.92 Å². The van der Waals surface area contributed by atoms with Crippen LogP contribution >= 0.6 is 0 Å². The number of carbonyl (C=O) groups excluding carboxylic acids is 1. The number of hydrogen-bond acceptors (Lipinski definition) is 2. The fraction of sp³-hybridized carbons (Fsp3) is 0.909. The zero-order chi connectivity index (χ0) is 12.2. The summed E-state index contributed by atoms with van der Waals surface area (Å²) >= 11 is 0. The molecule has 5 heteroatoms. The van der Waals surface area contributed by atoms with Crippen LogP contribution in [0, 0.1) is 5.92 Å². The van der Waals surface area contributed by atoms with Crippen molar-refractivity contribution in [2.75, 3.05) is 19.7 Å². The fourth-order valence-corrected chi connectivity index (χ4v) is 2.09. The molecule has 1 fully saturated rings. The van der Waals surface area contributed by atoms with Gasteiger partial charge in [-0.15, -0.1) is 0 Å². The van der Waals surface area contributed by atoms with Gasteiger partial charge in [0.25, 0.3) is 0 Å². The van der Waals surface area contributed by atoms with Gasteiger partial charge in [0, 0.05) is 31.8 Å². The molecule has 0 radical (unpaired) electrons. The van der Waals surface area contributed by atoms with Crippen LogP contribution in [0.15, 0.2) is 0 Å². The van der Waals surface area contributed by atoms with Gasteiger partial charge in [-0.1, -0.05) is 0 Å². The molecule has 1 aliphatic carbocycles. The largest absolute Gasteiger partial charge is 0.395 e. The first-order valence-corrected chi connectivity index (χ1v) is 5.77. The number of hydrogen-bond donors (Lipinski definition) is 1. The Morgan fingerprint density at radius 1 is 1.44 bits per heavy atom. The maximum absolute atomic E-state index is 12.9. The number of rotatable bonds is 4. The Balaban J connectivity index is 2.49. The second-order valence-electron chi connectivity index (χ2n) is 4.27. The third-order valence-electron chi connectivity index (χ3n) is 3.13. The van der Waals surface area contributed by atoms with Crippen molar-refractivity contribution in [2.45, 2.75) is 38.5 Å². The summed E-state index contributed by atoms with van der Waals surface area (Å²) in [4.78, 5) is 13.4. The van der Waals surface area contributed by atoms with Crippen molar-refractivity contribution in [3.63, 3.8) is 0 Å². The van der Waals surface area contributed by atoms with E-state index in [9.17, 15) is 13.6 Å². The van der Waals surface area contributed by atoms with Crippen LogP contribution in [0.3, 0.4) is 0 Å². The molecule has 0 aromatic rings. The molecule has 1 aliphatic rings. The Morgan fingerprint density at radius 3 is 2.44 bits per heavy atom. The Morgan fingerprint density at radius 2 is 2.00 bits per heavy atom. The molecule has 0 bridgehead atoms. The molecular weight excluding hydrogens is 216 g/mol. The van der Waals surface area contributed by atoms with Crippen LogP contribution in [0.4, 0.5) is 8.78 Å². The normalized spacial score (nSPS) is 20.8. The van der Waals surface area contributed by atoms with Crippen LogP contribution in [0.25, 0.3) is 0 Å². The van der Waals surface area contributed by atoms with Crippen LogP contribution in [-0.2, 0) is 4.79 Å². The van der Waals surface area contributed by atoms with Gasteiger partial charge in [0.05, 0.1) is 6.61 Å². The van der Waals surface area contributed by atoms with Gasteiger partial charge in [-0.05, 0) is 19.8 Å². The summed E-state index contributed by atoms with van der Waals surface area (Å²) in [5.41, 5.74) is 0. The molecule has 0 heterocycles. The quantitative estimate of drug-likeness (QED) is 0.805. The molecular formula is C11H19F2NO2. The van der Waals surface area contributed by atoms with E-state index in [1.807, 2.05) is 6.92 Å². The number of likely N-dealkylation sites (N-methyl/N-ethyl adjacent to an activating group) is 1. The monoisotopic (exact) mass is 235 g/mol. The van der Waals surface area contributed by atoms with Crippen LogP contribution in [0.1, 0.15) is 32.6 Å². The summed E-state index contributed by atoms with van der Waals surface area (Å²) in [7, 11) is 0. The molecule has 0 aromatic heterocycles. The minimum atomic E-state index is -2.59. The molecule has 0 atom stereocenters. The highest BCUT2D eigenvalue weighted by Gasteiger charge is 2.38. The number of carbonyl (C=O) groups is 1. The second kappa shape index (κ2) is 5.57. The van der Waals surface area contributed by atoms with Crippen molar-refractivity contribution in [1.82, 2.24) is 4.90 Å². The van der Waals surface area contributed by atoms with Gasteiger partial charge in [-0.3, -0.25) is 4.79 Å². The molecule has 0 aromatic carbocycles. The Hall–Kier alpha value is -0.710. The maximum Gasteiger partial charge on any atom is 0.248 e. The van der Waals surface area contributed by atoms with Gasteiger partial charge < -0.3 is 10.0 Å². The summed E-state index contributed by atoms with van der Waals surface area (Å²) < 4.78 is 25.8. The lowest BCUT2D eigenvalue weighted by Crippen LogP contribution is -2.40. The molecule has 1 N–H and O–H groups in total. The van der Waals surface area contributed by atoms with Crippen LogP contribution in [-0.4, -0.2) is 41.5 Å². The zero-order valence-corrected chi connectivity index (χ0v) is 9.59. The topological polar surface area (TPSA) is 40.5 Å². The Labute approximate surface area is 94.4 Å². The van der Waals surface area contributed by atoms with Crippen LogP contribution in [0.5, 0.6) is 0 Å². The lowest BCUT2D eigenvalue weighted by Gasteiger charge is -2.31. The van der Waals surface area contributed by atoms with Crippen molar-refractivity contribution in [1.29, 1.82) is 0 Å². The van der Waals surface area contributed by atoms with Crippen LogP contribution < -0.4 is 0 Å². The first kappa shape index (κ1) is 13.4. The number of nitrogens with zero attached hydrogens (tertiary/aromatic N) is 1. The number of amides is 1. The average Bonchev–Trinajstić information content (AvgIpc) is 2.25. The molecule has 0 saturated heterocycles. The molecule has 16 heavy (non-hydrogen) atoms. The van der Waals surface area contributed by atoms with Gasteiger partial charge in [0.15, 0.2) is 0 Å². The first-order chi connectivity index (χ1) is 7.50. The maximum atomic E-state index is 12.9. The minimum absolute atomic E-state index is 0.0809. The molecule has 1 saturated carbocycles. The molecule has 3 nitrogen and oxygen atoms in total. The minimum Gasteiger partial charge on any atom is -0.395 e. The third kappa shape index (κ3) is 3.40. The average molecular weight is 235 g/mol. The number of alkyl halides is 2. The number of halogens is 2. The Bertz CT molecular complexity index is 236. The van der Waals surface area contributed by atoms with Gasteiger partial charge in [-0.25, -0.2) is 8.78 Å². The lowest BCUT2D eigenvalue weighted by molar-refractivity contribution is -0.140. The van der Waals surface area contributed by atoms with Gasteiger partial charge >= 0.3 is 0 Å². The van der Waals surface area contributed by atoms with Crippen molar-refractivity contribution in [3.8, 4) is 0 Å². The van der Waals surface area contributed by atoms with Gasteiger partial charge in [-0.2, -0.15) is 0 Å². The number of aliphatic hydroxyl groups is 1. The van der Waals surface area contributed by atoms with Gasteiger partial charge in [0.2, 0.25) is 11.8 Å². The van der Waals surface area contributed by atoms with Gasteiger partial charge in [0.1, 0.15) is 0 Å². The lowest BCUT2D eigenvalue weighted by atomic mass is 9.86. The van der Waals surface area contributed by atoms with E-state index in [-0.39, 0.29) is 44.1 Å². The fourth-order valence-electron chi connectivity index (χ4n) is 2.09. The van der Waals surface area contributed by atoms with E-state index in [0.29, 0.717) is 13.1 Å². The summed E-state index contributed by atoms with van der Waals surface area (Å²) in [6, 6.07) is 0. The number of aliphatic hydroxyl groups excluding tert-OH is 1. The van der Waals surface area contributed by atoms with Crippen molar-refractivity contribution < 1.29 is 18.7 Å². The van der Waals surface area contributed by atoms with E-state index in [1.54, 1.807) is 0 Å². The van der Waals surface area contributed by atoms with E-state index in [0.717, 1.165) is 0 Å². The predicted octanol–water partition coefficient (Wildman–Crippen LogP) is 1.65. The summed E-state index contributed by atoms with van der Waals surface area (Å²) in [6.07, 6.45) is 0.127. The molecule has 94 valence electrons. The smallest absolute Gasteiger partial charge is 0.248 e. The highest BCUT2D eigenvalue weighted by Crippen LogP contribution is 2.36. The standard InChI is InChI=1S/C11H19F2NO2/c1-2-14(7-8-15)10(16)9-3-5-11(12,13)6-4-9/h9,15H,2-8H2,1H3. The van der Waals surface area contributed by atoms with Crippen LogP contribution in [0.2, 0.25) is 0 Å². The van der Waals surface area contributed by atoms with E-state index in [4.69, 9.17) is 5.11 Å². The van der Waals surface area contributed by atoms with E-state index >= 15 is 0 Å². The van der Waals surface area contributed by atoms with E-state index in [1.165, 1.54) is 4.90 Å². The van der Waals surface area contributed by atoms with Crippen molar-refractivity contribution in [2.24, 2.45) is 5.92 Å². The highest BCUT2D eigenvalue weighted by atomic mass is 19.3. The van der Waals surface area contributed by atoms with E-state index in [2.05, 4.69) is 0 Å². The molecule has 1 amide bonds. The van der Waals surface area contributed by atoms with Crippen molar-refractivity contribution in [3.05, 3.63) is 0 Å². The zero-order valence-electron chi connectivity index (χ0n) is 9.59. The third-order valence-corrected chi connectivity index (χ3v) is 3.13. The molecule has 1 rings (SSSR count). The van der Waals surface area contributed by atoms with Crippen molar-refractivity contribution >= 4 is 5.91 Å².